The molecule has 7 nitrogen and oxygen atoms in total. The van der Waals surface area contributed by atoms with Gasteiger partial charge in [0, 0.05) is 31.5 Å². The third-order valence-electron chi connectivity index (χ3n) is 4.61. The Kier molecular flexibility index (Phi) is 7.38. The van der Waals surface area contributed by atoms with Gasteiger partial charge in [0.15, 0.2) is 0 Å². The fourth-order valence-corrected chi connectivity index (χ4v) is 4.89. The van der Waals surface area contributed by atoms with Gasteiger partial charge >= 0.3 is 0 Å². The minimum Gasteiger partial charge on any atom is -0.354 e. The molecule has 0 unspecified atom stereocenters. The predicted octanol–water partition coefficient (Wildman–Crippen LogP) is 1.68. The highest BCUT2D eigenvalue weighted by Crippen LogP contribution is 2.25. The van der Waals surface area contributed by atoms with E-state index in [2.05, 4.69) is 15.4 Å². The van der Waals surface area contributed by atoms with Crippen LogP contribution in [-0.4, -0.2) is 32.3 Å². The number of rotatable bonds is 7. The summed E-state index contributed by atoms with van der Waals surface area (Å²) < 4.78 is 27.5. The molecule has 27 heavy (non-hydrogen) atoms. The first-order chi connectivity index (χ1) is 12.7. The molecule has 150 valence electrons. The van der Waals surface area contributed by atoms with Gasteiger partial charge in [-0.2, -0.15) is 0 Å². The van der Waals surface area contributed by atoms with Gasteiger partial charge in [0.25, 0.3) is 0 Å². The first kappa shape index (κ1) is 21.4. The van der Waals surface area contributed by atoms with Crippen molar-refractivity contribution in [3.8, 4) is 0 Å². The first-order valence-electron chi connectivity index (χ1n) is 9.34. The lowest BCUT2D eigenvalue weighted by molar-refractivity contribution is -0.126. The molecule has 0 spiro atoms. The van der Waals surface area contributed by atoms with Gasteiger partial charge in [-0.05, 0) is 51.2 Å². The minimum atomic E-state index is -3.62. The number of nitrogens with one attached hydrogen (secondary N) is 3. The molecular formula is C19H29N3O4S. The number of amides is 2. The Morgan fingerprint density at radius 3 is 2.33 bits per heavy atom. The van der Waals surface area contributed by atoms with E-state index in [-0.39, 0.29) is 41.3 Å². The molecule has 0 saturated heterocycles. The Morgan fingerprint density at radius 2 is 1.74 bits per heavy atom. The van der Waals surface area contributed by atoms with E-state index < -0.39 is 10.0 Å². The van der Waals surface area contributed by atoms with Gasteiger partial charge < -0.3 is 10.6 Å². The lowest BCUT2D eigenvalue weighted by Crippen LogP contribution is -2.40. The number of hydrogen-bond acceptors (Lipinski definition) is 4. The Hall–Kier alpha value is -1.93. The Bertz CT molecular complexity index is 769. The summed E-state index contributed by atoms with van der Waals surface area (Å²) in [5, 5.41) is 5.77. The molecule has 0 aliphatic heterocycles. The number of carbonyl (C=O) groups is 2. The molecule has 0 radical (unpaired) electrons. The molecule has 1 saturated carbocycles. The van der Waals surface area contributed by atoms with Gasteiger partial charge in [-0.1, -0.05) is 18.2 Å². The zero-order chi connectivity index (χ0) is 20.0. The standard InChI is InChI=1S/C19H29N3O4S/c1-13(2)22-27(25,26)18-7-5-4-6-16(18)12-20-19(24)15-8-10-17(11-9-15)21-14(3)23/h4-7,13,15,17,22H,8-12H2,1-3H3,(H,20,24)(H,21,23). The quantitative estimate of drug-likeness (QED) is 0.653. The molecule has 0 heterocycles. The third kappa shape index (κ3) is 6.32. The molecular weight excluding hydrogens is 366 g/mol. The maximum absolute atomic E-state index is 12.5. The van der Waals surface area contributed by atoms with Crippen LogP contribution in [0.4, 0.5) is 0 Å². The van der Waals surface area contributed by atoms with Crippen LogP contribution < -0.4 is 15.4 Å². The van der Waals surface area contributed by atoms with Crippen LogP contribution in [0, 0.1) is 5.92 Å². The summed E-state index contributed by atoms with van der Waals surface area (Å²) >= 11 is 0. The zero-order valence-electron chi connectivity index (χ0n) is 16.1. The van der Waals surface area contributed by atoms with Crippen molar-refractivity contribution in [2.45, 2.75) is 70.0 Å². The van der Waals surface area contributed by atoms with Gasteiger partial charge in [0.05, 0.1) is 4.90 Å². The van der Waals surface area contributed by atoms with E-state index in [1.165, 1.54) is 6.92 Å². The molecule has 0 aromatic heterocycles. The molecule has 0 bridgehead atoms. The second-order valence-electron chi connectivity index (χ2n) is 7.35. The van der Waals surface area contributed by atoms with Crippen molar-refractivity contribution >= 4 is 21.8 Å². The average molecular weight is 396 g/mol. The second-order valence-corrected chi connectivity index (χ2v) is 9.03. The summed E-state index contributed by atoms with van der Waals surface area (Å²) in [6, 6.07) is 6.61. The van der Waals surface area contributed by atoms with Crippen molar-refractivity contribution in [2.24, 2.45) is 5.92 Å². The largest absolute Gasteiger partial charge is 0.354 e. The van der Waals surface area contributed by atoms with E-state index in [0.717, 1.165) is 12.8 Å². The number of hydrogen-bond donors (Lipinski definition) is 3. The predicted molar refractivity (Wildman–Crippen MR) is 103 cm³/mol. The summed E-state index contributed by atoms with van der Waals surface area (Å²) in [6.07, 6.45) is 2.99. The van der Waals surface area contributed by atoms with Crippen LogP contribution in [0.15, 0.2) is 29.2 Å². The maximum atomic E-state index is 12.5. The van der Waals surface area contributed by atoms with Gasteiger partial charge in [-0.15, -0.1) is 0 Å². The summed E-state index contributed by atoms with van der Waals surface area (Å²) in [7, 11) is -3.62. The second kappa shape index (κ2) is 9.32. The average Bonchev–Trinajstić information content (AvgIpc) is 2.59. The molecule has 0 atom stereocenters. The number of carbonyl (C=O) groups excluding carboxylic acids is 2. The van der Waals surface area contributed by atoms with Crippen LogP contribution in [-0.2, 0) is 26.2 Å². The first-order valence-corrected chi connectivity index (χ1v) is 10.8. The van der Waals surface area contributed by atoms with Crippen LogP contribution in [0.1, 0.15) is 52.0 Å². The van der Waals surface area contributed by atoms with Gasteiger partial charge in [-0.25, -0.2) is 13.1 Å². The van der Waals surface area contributed by atoms with E-state index in [4.69, 9.17) is 0 Å². The summed E-state index contributed by atoms with van der Waals surface area (Å²) in [5.41, 5.74) is 0.561. The molecule has 1 fully saturated rings. The van der Waals surface area contributed by atoms with Crippen molar-refractivity contribution in [3.05, 3.63) is 29.8 Å². The van der Waals surface area contributed by atoms with E-state index in [0.29, 0.717) is 18.4 Å². The maximum Gasteiger partial charge on any atom is 0.241 e. The fourth-order valence-electron chi connectivity index (χ4n) is 3.40. The SMILES string of the molecule is CC(=O)NC1CCC(C(=O)NCc2ccccc2S(=O)(=O)NC(C)C)CC1. The number of benzene rings is 1. The molecule has 1 aromatic carbocycles. The molecule has 8 heteroatoms. The van der Waals surface area contributed by atoms with Gasteiger partial charge in [0.2, 0.25) is 21.8 Å². The van der Waals surface area contributed by atoms with E-state index in [1.54, 1.807) is 38.1 Å². The lowest BCUT2D eigenvalue weighted by Gasteiger charge is -2.28. The third-order valence-corrected chi connectivity index (χ3v) is 6.37. The van der Waals surface area contributed by atoms with Crippen LogP contribution in [0.3, 0.4) is 0 Å². The van der Waals surface area contributed by atoms with Crippen molar-refractivity contribution < 1.29 is 18.0 Å². The highest BCUT2D eigenvalue weighted by atomic mass is 32.2. The Labute approximate surface area is 161 Å². The zero-order valence-corrected chi connectivity index (χ0v) is 16.9. The van der Waals surface area contributed by atoms with Crippen molar-refractivity contribution in [1.82, 2.24) is 15.4 Å². The van der Waals surface area contributed by atoms with Crippen LogP contribution in [0.25, 0.3) is 0 Å². The van der Waals surface area contributed by atoms with Crippen LogP contribution in [0.2, 0.25) is 0 Å². The molecule has 1 aliphatic rings. The fraction of sp³-hybridized carbons (Fsp3) is 0.579. The Morgan fingerprint density at radius 1 is 1.11 bits per heavy atom. The Balaban J connectivity index is 1.96. The summed E-state index contributed by atoms with van der Waals surface area (Å²) in [4.78, 5) is 23.8. The van der Waals surface area contributed by atoms with Crippen molar-refractivity contribution in [3.63, 3.8) is 0 Å². The normalized spacial score (nSPS) is 20.3. The van der Waals surface area contributed by atoms with E-state index in [9.17, 15) is 18.0 Å². The summed E-state index contributed by atoms with van der Waals surface area (Å²) in [5.74, 6) is -0.219. The van der Waals surface area contributed by atoms with Crippen LogP contribution in [0.5, 0.6) is 0 Å². The topological polar surface area (TPSA) is 104 Å². The molecule has 2 amide bonds. The van der Waals surface area contributed by atoms with Crippen molar-refractivity contribution in [2.75, 3.05) is 0 Å². The molecule has 1 aromatic rings. The van der Waals surface area contributed by atoms with E-state index in [1.807, 2.05) is 0 Å². The van der Waals surface area contributed by atoms with Crippen LogP contribution >= 0.6 is 0 Å². The molecule has 1 aliphatic carbocycles. The highest BCUT2D eigenvalue weighted by molar-refractivity contribution is 7.89. The highest BCUT2D eigenvalue weighted by Gasteiger charge is 2.27. The van der Waals surface area contributed by atoms with Gasteiger partial charge in [0.1, 0.15) is 0 Å². The molecule has 2 rings (SSSR count). The smallest absolute Gasteiger partial charge is 0.241 e. The summed E-state index contributed by atoms with van der Waals surface area (Å²) in [6.45, 7) is 5.19. The molecule has 3 N–H and O–H groups in total. The van der Waals surface area contributed by atoms with Crippen molar-refractivity contribution in [1.29, 1.82) is 0 Å². The lowest BCUT2D eigenvalue weighted by atomic mass is 9.85. The van der Waals surface area contributed by atoms with Gasteiger partial charge in [-0.3, -0.25) is 9.59 Å². The monoisotopic (exact) mass is 395 g/mol. The van der Waals surface area contributed by atoms with E-state index >= 15 is 0 Å². The number of sulfonamides is 1. The minimum absolute atomic E-state index is 0.0456.